The lowest BCUT2D eigenvalue weighted by Gasteiger charge is -2.29. The minimum absolute atomic E-state index is 0.0476. The molecule has 0 aromatic heterocycles. The van der Waals surface area contributed by atoms with Crippen LogP contribution < -0.4 is 10.1 Å². The molecule has 0 amide bonds. The molecule has 136 valence electrons. The van der Waals surface area contributed by atoms with Gasteiger partial charge in [-0.15, -0.1) is 0 Å². The van der Waals surface area contributed by atoms with Gasteiger partial charge >= 0.3 is 12.1 Å². The fraction of sp³-hybridized carbons (Fsp3) is 0.211. The van der Waals surface area contributed by atoms with Gasteiger partial charge in [0.05, 0.1) is 5.57 Å². The Hall–Kier alpha value is -2.96. The Bertz CT molecular complexity index is 860. The number of benzene rings is 2. The first-order valence-electron chi connectivity index (χ1n) is 7.86. The number of hydrogen-bond donors (Lipinski definition) is 2. The molecule has 7 heteroatoms. The SMILES string of the molecule is Cc1cc2c(c(CNc3ccccc3)c1)OC(C(F)(F)F)C(C(=O)O)=C2. The van der Waals surface area contributed by atoms with Gasteiger partial charge in [-0.3, -0.25) is 0 Å². The summed E-state index contributed by atoms with van der Waals surface area (Å²) in [4.78, 5) is 11.2. The number of halogens is 3. The lowest BCUT2D eigenvalue weighted by molar-refractivity contribution is -0.187. The number of para-hydroxylation sites is 1. The summed E-state index contributed by atoms with van der Waals surface area (Å²) < 4.78 is 44.9. The van der Waals surface area contributed by atoms with Crippen molar-refractivity contribution in [2.75, 3.05) is 5.32 Å². The van der Waals surface area contributed by atoms with Crippen LogP contribution in [0.4, 0.5) is 18.9 Å². The minimum Gasteiger partial charge on any atom is -0.478 e. The topological polar surface area (TPSA) is 58.6 Å². The minimum atomic E-state index is -4.82. The van der Waals surface area contributed by atoms with Crippen LogP contribution in [0.1, 0.15) is 16.7 Å². The molecule has 26 heavy (non-hydrogen) atoms. The summed E-state index contributed by atoms with van der Waals surface area (Å²) >= 11 is 0. The number of ether oxygens (including phenoxy) is 1. The first-order chi connectivity index (χ1) is 12.3. The van der Waals surface area contributed by atoms with E-state index in [0.717, 1.165) is 17.3 Å². The highest BCUT2D eigenvalue weighted by atomic mass is 19.4. The maximum Gasteiger partial charge on any atom is 0.430 e. The first kappa shape index (κ1) is 17.8. The van der Waals surface area contributed by atoms with Crippen LogP contribution in [0.15, 0.2) is 48.0 Å². The molecule has 0 saturated heterocycles. The second-order valence-corrected chi connectivity index (χ2v) is 6.01. The molecule has 1 aliphatic heterocycles. The van der Waals surface area contributed by atoms with Crippen LogP contribution in [0.25, 0.3) is 6.08 Å². The monoisotopic (exact) mass is 363 g/mol. The molecule has 2 aromatic rings. The van der Waals surface area contributed by atoms with Crippen molar-refractivity contribution >= 4 is 17.7 Å². The molecule has 0 aliphatic carbocycles. The number of fused-ring (bicyclic) bond motifs is 1. The van der Waals surface area contributed by atoms with E-state index in [4.69, 9.17) is 9.84 Å². The number of carboxylic acids is 1. The number of aryl methyl sites for hydroxylation is 1. The van der Waals surface area contributed by atoms with E-state index in [2.05, 4.69) is 5.32 Å². The Morgan fingerprint density at radius 2 is 1.92 bits per heavy atom. The van der Waals surface area contributed by atoms with Gasteiger partial charge in [0.25, 0.3) is 0 Å². The van der Waals surface area contributed by atoms with Gasteiger partial charge in [-0.05, 0) is 36.8 Å². The van der Waals surface area contributed by atoms with Crippen LogP contribution in [-0.2, 0) is 11.3 Å². The van der Waals surface area contributed by atoms with E-state index in [0.29, 0.717) is 11.1 Å². The predicted octanol–water partition coefficient (Wildman–Crippen LogP) is 4.40. The number of carbonyl (C=O) groups is 1. The Balaban J connectivity index is 1.99. The molecule has 2 aromatic carbocycles. The van der Waals surface area contributed by atoms with E-state index in [1.807, 2.05) is 30.3 Å². The molecule has 4 nitrogen and oxygen atoms in total. The van der Waals surface area contributed by atoms with Crippen molar-refractivity contribution < 1.29 is 27.8 Å². The lowest BCUT2D eigenvalue weighted by atomic mass is 9.97. The Morgan fingerprint density at radius 1 is 1.23 bits per heavy atom. The molecule has 1 unspecified atom stereocenters. The smallest absolute Gasteiger partial charge is 0.430 e. The molecule has 1 aliphatic rings. The second kappa shape index (κ2) is 6.74. The Kier molecular flexibility index (Phi) is 4.63. The number of aliphatic carboxylic acids is 1. The number of rotatable bonds is 4. The van der Waals surface area contributed by atoms with Crippen molar-refractivity contribution in [1.82, 2.24) is 0 Å². The van der Waals surface area contributed by atoms with E-state index >= 15 is 0 Å². The van der Waals surface area contributed by atoms with Crippen LogP contribution in [0, 0.1) is 6.92 Å². The summed E-state index contributed by atoms with van der Waals surface area (Å²) in [5.41, 5.74) is 1.64. The van der Waals surface area contributed by atoms with Crippen LogP contribution in [-0.4, -0.2) is 23.4 Å². The van der Waals surface area contributed by atoms with Crippen LogP contribution >= 0.6 is 0 Å². The van der Waals surface area contributed by atoms with Gasteiger partial charge in [0.15, 0.2) is 0 Å². The quantitative estimate of drug-likeness (QED) is 0.845. The maximum atomic E-state index is 13.3. The maximum absolute atomic E-state index is 13.3. The van der Waals surface area contributed by atoms with Gasteiger partial charge in [0.1, 0.15) is 5.75 Å². The standard InChI is InChI=1S/C19H16F3NO3/c1-11-7-12-9-15(18(24)25)17(19(20,21)22)26-16(12)13(8-11)10-23-14-5-3-2-4-6-14/h2-9,17,23H,10H2,1H3,(H,24,25). The van der Waals surface area contributed by atoms with Gasteiger partial charge in [0.2, 0.25) is 6.10 Å². The molecule has 1 atom stereocenters. The summed E-state index contributed by atoms with van der Waals surface area (Å²) in [6.45, 7) is 2.03. The lowest BCUT2D eigenvalue weighted by Crippen LogP contribution is -2.40. The van der Waals surface area contributed by atoms with Gasteiger partial charge < -0.3 is 15.2 Å². The molecular weight excluding hydrogens is 347 g/mol. The Morgan fingerprint density at radius 3 is 2.54 bits per heavy atom. The number of carboxylic acid groups (broad SMARTS) is 1. The van der Waals surface area contributed by atoms with E-state index in [1.54, 1.807) is 19.1 Å². The molecule has 2 N–H and O–H groups in total. The molecule has 0 radical (unpaired) electrons. The zero-order valence-corrected chi connectivity index (χ0v) is 13.8. The molecule has 3 rings (SSSR count). The molecule has 0 spiro atoms. The van der Waals surface area contributed by atoms with Crippen molar-refractivity contribution in [3.8, 4) is 5.75 Å². The zero-order chi connectivity index (χ0) is 18.9. The third kappa shape index (κ3) is 3.66. The summed E-state index contributed by atoms with van der Waals surface area (Å²) in [5.74, 6) is -1.60. The van der Waals surface area contributed by atoms with Gasteiger partial charge in [-0.25, -0.2) is 4.79 Å². The summed E-state index contributed by atoms with van der Waals surface area (Å²) in [6, 6.07) is 12.5. The van der Waals surface area contributed by atoms with E-state index in [-0.39, 0.29) is 12.3 Å². The van der Waals surface area contributed by atoms with Crippen LogP contribution in [0.5, 0.6) is 5.75 Å². The van der Waals surface area contributed by atoms with Crippen molar-refractivity contribution in [2.24, 2.45) is 0 Å². The number of anilines is 1. The molecular formula is C19H16F3NO3. The highest BCUT2D eigenvalue weighted by Crippen LogP contribution is 2.40. The van der Waals surface area contributed by atoms with Crippen molar-refractivity contribution in [1.29, 1.82) is 0 Å². The van der Waals surface area contributed by atoms with E-state index in [9.17, 15) is 18.0 Å². The summed E-state index contributed by atoms with van der Waals surface area (Å²) in [5, 5.41) is 12.3. The van der Waals surface area contributed by atoms with Crippen molar-refractivity contribution in [3.05, 3.63) is 64.7 Å². The molecule has 1 heterocycles. The third-order valence-corrected chi connectivity index (χ3v) is 3.97. The molecule has 0 fully saturated rings. The molecule has 0 bridgehead atoms. The van der Waals surface area contributed by atoms with E-state index in [1.165, 1.54) is 0 Å². The first-order valence-corrected chi connectivity index (χ1v) is 7.86. The fourth-order valence-corrected chi connectivity index (χ4v) is 2.86. The highest BCUT2D eigenvalue weighted by Gasteiger charge is 2.48. The average Bonchev–Trinajstić information content (AvgIpc) is 2.58. The van der Waals surface area contributed by atoms with Gasteiger partial charge in [-0.1, -0.05) is 24.3 Å². The fourth-order valence-electron chi connectivity index (χ4n) is 2.86. The number of hydrogen-bond acceptors (Lipinski definition) is 3. The van der Waals surface area contributed by atoms with E-state index < -0.39 is 23.8 Å². The predicted molar refractivity (Wildman–Crippen MR) is 91.0 cm³/mol. The molecule has 0 saturated carbocycles. The summed E-state index contributed by atoms with van der Waals surface area (Å²) in [7, 11) is 0. The summed E-state index contributed by atoms with van der Waals surface area (Å²) in [6.07, 6.45) is -6.28. The van der Waals surface area contributed by atoms with Gasteiger partial charge in [-0.2, -0.15) is 13.2 Å². The van der Waals surface area contributed by atoms with Crippen LogP contribution in [0.3, 0.4) is 0 Å². The second-order valence-electron chi connectivity index (χ2n) is 6.01. The Labute approximate surface area is 147 Å². The van der Waals surface area contributed by atoms with Crippen molar-refractivity contribution in [3.63, 3.8) is 0 Å². The van der Waals surface area contributed by atoms with Gasteiger partial charge in [0, 0.05) is 23.4 Å². The largest absolute Gasteiger partial charge is 0.478 e. The zero-order valence-electron chi connectivity index (χ0n) is 13.8. The number of nitrogens with one attached hydrogen (secondary N) is 1. The highest BCUT2D eigenvalue weighted by molar-refractivity contribution is 5.95. The van der Waals surface area contributed by atoms with Crippen LogP contribution in [0.2, 0.25) is 0 Å². The van der Waals surface area contributed by atoms with Crippen molar-refractivity contribution in [2.45, 2.75) is 25.7 Å². The number of alkyl halides is 3. The normalized spacial score (nSPS) is 16.3. The average molecular weight is 363 g/mol. The third-order valence-electron chi connectivity index (χ3n) is 3.97.